The van der Waals surface area contributed by atoms with Gasteiger partial charge in [0.15, 0.2) is 0 Å². The van der Waals surface area contributed by atoms with Gasteiger partial charge in [-0.2, -0.15) is 0 Å². The van der Waals surface area contributed by atoms with Crippen molar-refractivity contribution >= 4 is 11.6 Å². The van der Waals surface area contributed by atoms with Gasteiger partial charge < -0.3 is 10.4 Å². The summed E-state index contributed by atoms with van der Waals surface area (Å²) < 4.78 is 0. The van der Waals surface area contributed by atoms with Crippen LogP contribution >= 0.6 is 0 Å². The highest BCUT2D eigenvalue weighted by Gasteiger charge is 2.37. The first-order chi connectivity index (χ1) is 11.5. The number of carbonyl (C=O) groups excluding carboxylic acids is 2. The number of allylic oxidation sites excluding steroid dienone is 4. The van der Waals surface area contributed by atoms with E-state index in [0.717, 1.165) is 38.5 Å². The largest absolute Gasteiger partial charge is 0.505 e. The number of Topliss-reactive ketones (excluding diaryl/α,β-unsaturated/α-hetero) is 2. The van der Waals surface area contributed by atoms with Gasteiger partial charge in [-0.15, -0.1) is 0 Å². The Balaban J connectivity index is 2.44. The lowest BCUT2D eigenvalue weighted by molar-refractivity contribution is -0.133. The van der Waals surface area contributed by atoms with Gasteiger partial charge >= 0.3 is 0 Å². The zero-order chi connectivity index (χ0) is 17.7. The minimum absolute atomic E-state index is 0.0103. The zero-order valence-electron chi connectivity index (χ0n) is 15.1. The van der Waals surface area contributed by atoms with Gasteiger partial charge in [-0.1, -0.05) is 31.4 Å². The zero-order valence-corrected chi connectivity index (χ0v) is 15.1. The Labute approximate surface area is 144 Å². The second-order valence-electron chi connectivity index (χ2n) is 6.77. The Bertz CT molecular complexity index is 610. The van der Waals surface area contributed by atoms with Crippen molar-refractivity contribution in [1.82, 2.24) is 5.32 Å². The Morgan fingerprint density at radius 1 is 1.21 bits per heavy atom. The van der Waals surface area contributed by atoms with E-state index in [2.05, 4.69) is 12.2 Å². The van der Waals surface area contributed by atoms with E-state index in [1.807, 2.05) is 19.9 Å². The fraction of sp³-hybridized carbons (Fsp3) is 0.600. The number of hydrogen-bond acceptors (Lipinski definition) is 4. The maximum Gasteiger partial charge on any atom is 0.233 e. The Morgan fingerprint density at radius 3 is 2.58 bits per heavy atom. The van der Waals surface area contributed by atoms with Crippen LogP contribution in [-0.4, -0.2) is 23.2 Å². The Kier molecular flexibility index (Phi) is 6.41. The molecule has 0 radical (unpaired) electrons. The summed E-state index contributed by atoms with van der Waals surface area (Å²) in [7, 11) is 0. The minimum atomic E-state index is -0.517. The van der Waals surface area contributed by atoms with Crippen LogP contribution in [0.1, 0.15) is 65.7 Å². The van der Waals surface area contributed by atoms with Crippen LogP contribution in [0.4, 0.5) is 0 Å². The fourth-order valence-electron chi connectivity index (χ4n) is 3.60. The maximum absolute atomic E-state index is 12.7. The molecule has 0 heterocycles. The highest BCUT2D eigenvalue weighted by Crippen LogP contribution is 2.35. The van der Waals surface area contributed by atoms with Crippen molar-refractivity contribution in [2.45, 2.75) is 65.7 Å². The summed E-state index contributed by atoms with van der Waals surface area (Å²) in [5.41, 5.74) is 2.43. The molecule has 24 heavy (non-hydrogen) atoms. The molecule has 1 atom stereocenters. The lowest BCUT2D eigenvalue weighted by Gasteiger charge is -2.27. The van der Waals surface area contributed by atoms with E-state index in [1.165, 1.54) is 5.57 Å². The first-order valence-electron chi connectivity index (χ1n) is 9.18. The number of ketones is 2. The minimum Gasteiger partial charge on any atom is -0.505 e. The van der Waals surface area contributed by atoms with Gasteiger partial charge in [0.2, 0.25) is 11.6 Å². The topological polar surface area (TPSA) is 66.4 Å². The summed E-state index contributed by atoms with van der Waals surface area (Å²) in [5.74, 6) is -1.12. The van der Waals surface area contributed by atoms with Crippen LogP contribution in [0.15, 0.2) is 34.3 Å². The van der Waals surface area contributed by atoms with Crippen LogP contribution in [0.5, 0.6) is 0 Å². The SMILES string of the molecule is CCCCCC1=C(NCC)C(O)=C(C2C=C(C)CCC2)C(=O)C1=O. The predicted octanol–water partition coefficient (Wildman–Crippen LogP) is 4.14. The third-order valence-corrected chi connectivity index (χ3v) is 4.85. The van der Waals surface area contributed by atoms with Crippen LogP contribution in [0.3, 0.4) is 0 Å². The predicted molar refractivity (Wildman–Crippen MR) is 95.6 cm³/mol. The molecular weight excluding hydrogens is 302 g/mol. The molecule has 4 nitrogen and oxygen atoms in total. The normalized spacial score (nSPS) is 22.1. The average molecular weight is 331 g/mol. The molecule has 2 rings (SSSR count). The lowest BCUT2D eigenvalue weighted by atomic mass is 9.78. The second-order valence-corrected chi connectivity index (χ2v) is 6.77. The summed E-state index contributed by atoms with van der Waals surface area (Å²) in [5, 5.41) is 13.9. The van der Waals surface area contributed by atoms with E-state index in [9.17, 15) is 14.7 Å². The summed E-state index contributed by atoms with van der Waals surface area (Å²) in [6, 6.07) is 0. The van der Waals surface area contributed by atoms with E-state index in [4.69, 9.17) is 0 Å². The number of aliphatic hydroxyl groups is 1. The summed E-state index contributed by atoms with van der Waals surface area (Å²) >= 11 is 0. The summed E-state index contributed by atoms with van der Waals surface area (Å²) in [4.78, 5) is 25.3. The van der Waals surface area contributed by atoms with Crippen LogP contribution in [0.2, 0.25) is 0 Å². The number of likely N-dealkylation sites (N-methyl/N-ethyl adjacent to an activating group) is 1. The van der Waals surface area contributed by atoms with Gasteiger partial charge in [-0.05, 0) is 46.0 Å². The number of aliphatic hydroxyl groups excluding tert-OH is 1. The van der Waals surface area contributed by atoms with E-state index in [-0.39, 0.29) is 17.3 Å². The molecule has 0 fully saturated rings. The highest BCUT2D eigenvalue weighted by atomic mass is 16.3. The molecule has 0 aromatic rings. The Hall–Kier alpha value is -1.84. The molecule has 2 N–H and O–H groups in total. The molecular formula is C20H29NO3. The summed E-state index contributed by atoms with van der Waals surface area (Å²) in [6.45, 7) is 6.66. The number of unbranched alkanes of at least 4 members (excludes halogenated alkanes) is 2. The van der Waals surface area contributed by atoms with Gasteiger partial charge in [0.25, 0.3) is 0 Å². The van der Waals surface area contributed by atoms with E-state index >= 15 is 0 Å². The Morgan fingerprint density at radius 2 is 1.96 bits per heavy atom. The number of rotatable bonds is 7. The molecule has 1 unspecified atom stereocenters. The molecule has 2 aliphatic carbocycles. The van der Waals surface area contributed by atoms with Crippen LogP contribution in [0, 0.1) is 5.92 Å². The van der Waals surface area contributed by atoms with Crippen LogP contribution in [0.25, 0.3) is 0 Å². The van der Waals surface area contributed by atoms with Crippen molar-refractivity contribution in [3.05, 3.63) is 34.3 Å². The van der Waals surface area contributed by atoms with Gasteiger partial charge in [-0.25, -0.2) is 0 Å². The highest BCUT2D eigenvalue weighted by molar-refractivity contribution is 6.50. The standard InChI is InChI=1S/C20H29NO3/c1-4-6-7-11-15-17(21-5-2)19(23)16(20(24)18(15)22)14-10-8-9-13(3)12-14/h12,14,21,23H,4-11H2,1-3H3. The lowest BCUT2D eigenvalue weighted by Crippen LogP contribution is -2.34. The average Bonchev–Trinajstić information content (AvgIpc) is 2.55. The molecule has 132 valence electrons. The van der Waals surface area contributed by atoms with E-state index < -0.39 is 11.6 Å². The maximum atomic E-state index is 12.7. The van der Waals surface area contributed by atoms with Gasteiger partial charge in [0, 0.05) is 18.0 Å². The monoisotopic (exact) mass is 331 g/mol. The van der Waals surface area contributed by atoms with Crippen molar-refractivity contribution in [2.24, 2.45) is 5.92 Å². The first-order valence-corrected chi connectivity index (χ1v) is 9.18. The molecule has 2 aliphatic rings. The molecule has 0 aliphatic heterocycles. The number of nitrogens with one attached hydrogen (secondary N) is 1. The molecule has 0 spiro atoms. The second kappa shape index (κ2) is 8.32. The van der Waals surface area contributed by atoms with Crippen molar-refractivity contribution < 1.29 is 14.7 Å². The van der Waals surface area contributed by atoms with Gasteiger partial charge in [0.05, 0.1) is 11.3 Å². The molecule has 0 aromatic heterocycles. The third kappa shape index (κ3) is 3.80. The molecule has 0 bridgehead atoms. The van der Waals surface area contributed by atoms with Crippen molar-refractivity contribution in [1.29, 1.82) is 0 Å². The summed E-state index contributed by atoms with van der Waals surface area (Å²) in [6.07, 6.45) is 8.28. The van der Waals surface area contributed by atoms with Crippen molar-refractivity contribution in [3.8, 4) is 0 Å². The van der Waals surface area contributed by atoms with E-state index in [0.29, 0.717) is 24.2 Å². The van der Waals surface area contributed by atoms with Crippen molar-refractivity contribution in [2.75, 3.05) is 6.54 Å². The molecule has 0 saturated carbocycles. The smallest absolute Gasteiger partial charge is 0.233 e. The van der Waals surface area contributed by atoms with Crippen LogP contribution in [-0.2, 0) is 9.59 Å². The third-order valence-electron chi connectivity index (χ3n) is 4.85. The molecule has 0 saturated heterocycles. The molecule has 4 heteroatoms. The van der Waals surface area contributed by atoms with Crippen LogP contribution < -0.4 is 5.32 Å². The van der Waals surface area contributed by atoms with E-state index in [1.54, 1.807) is 0 Å². The molecule has 0 amide bonds. The first kappa shape index (κ1) is 18.5. The number of carbonyl (C=O) groups is 2. The van der Waals surface area contributed by atoms with Gasteiger partial charge in [-0.3, -0.25) is 9.59 Å². The van der Waals surface area contributed by atoms with Crippen molar-refractivity contribution in [3.63, 3.8) is 0 Å². The molecule has 0 aromatic carbocycles. The quantitative estimate of drug-likeness (QED) is 0.318. The fourth-order valence-corrected chi connectivity index (χ4v) is 3.60. The number of hydrogen-bond donors (Lipinski definition) is 2. The van der Waals surface area contributed by atoms with Gasteiger partial charge in [0.1, 0.15) is 5.76 Å².